The first kappa shape index (κ1) is 8.72. The highest BCUT2D eigenvalue weighted by atomic mass is 15.3. The molecular formula is C8H12N4. The van der Waals surface area contributed by atoms with E-state index in [-0.39, 0.29) is 0 Å². The lowest BCUT2D eigenvalue weighted by atomic mass is 10.2. The van der Waals surface area contributed by atoms with Gasteiger partial charge in [-0.15, -0.1) is 0 Å². The molecule has 0 saturated heterocycles. The van der Waals surface area contributed by atoms with Crippen molar-refractivity contribution in [1.82, 2.24) is 14.8 Å². The van der Waals surface area contributed by atoms with E-state index in [0.717, 1.165) is 12.4 Å². The van der Waals surface area contributed by atoms with Crippen LogP contribution in [0.3, 0.4) is 0 Å². The minimum absolute atomic E-state index is 0.340. The van der Waals surface area contributed by atoms with Crippen molar-refractivity contribution in [1.29, 1.82) is 5.26 Å². The normalized spacial score (nSPS) is 10.2. The van der Waals surface area contributed by atoms with E-state index >= 15 is 0 Å². The molecule has 0 fully saturated rings. The Kier molecular flexibility index (Phi) is 2.81. The minimum Gasteiger partial charge on any atom is -0.249 e. The van der Waals surface area contributed by atoms with Crippen molar-refractivity contribution in [2.75, 3.05) is 0 Å². The highest BCUT2D eigenvalue weighted by molar-refractivity contribution is 4.94. The number of rotatable bonds is 3. The molecule has 0 aliphatic carbocycles. The van der Waals surface area contributed by atoms with Crippen LogP contribution >= 0.6 is 0 Å². The zero-order valence-corrected chi connectivity index (χ0v) is 7.36. The minimum atomic E-state index is 0.340. The van der Waals surface area contributed by atoms with Crippen LogP contribution < -0.4 is 0 Å². The Morgan fingerprint density at radius 2 is 2.42 bits per heavy atom. The van der Waals surface area contributed by atoms with Gasteiger partial charge in [0.1, 0.15) is 12.2 Å². The molecular weight excluding hydrogens is 152 g/mol. The summed E-state index contributed by atoms with van der Waals surface area (Å²) in [5.41, 5.74) is 0. The summed E-state index contributed by atoms with van der Waals surface area (Å²) in [4.78, 5) is 3.99. The van der Waals surface area contributed by atoms with E-state index in [1.165, 1.54) is 6.33 Å². The molecule has 0 aliphatic heterocycles. The van der Waals surface area contributed by atoms with E-state index < -0.39 is 0 Å². The Morgan fingerprint density at radius 1 is 1.67 bits per heavy atom. The second-order valence-electron chi connectivity index (χ2n) is 3.09. The molecule has 0 unspecified atom stereocenters. The molecule has 4 heteroatoms. The van der Waals surface area contributed by atoms with E-state index in [0.29, 0.717) is 12.3 Å². The molecule has 0 atom stereocenters. The van der Waals surface area contributed by atoms with Crippen LogP contribution in [0.1, 0.15) is 19.7 Å². The lowest BCUT2D eigenvalue weighted by Crippen LogP contribution is -2.09. The lowest BCUT2D eigenvalue weighted by Gasteiger charge is -2.05. The van der Waals surface area contributed by atoms with Crippen LogP contribution in [0.5, 0.6) is 0 Å². The van der Waals surface area contributed by atoms with E-state index in [1.807, 2.05) is 0 Å². The quantitative estimate of drug-likeness (QED) is 0.669. The maximum atomic E-state index is 8.47. The van der Waals surface area contributed by atoms with Crippen LogP contribution in [-0.2, 0) is 13.0 Å². The van der Waals surface area contributed by atoms with Gasteiger partial charge in [0.05, 0.1) is 12.5 Å². The summed E-state index contributed by atoms with van der Waals surface area (Å²) in [5.74, 6) is 1.29. The van der Waals surface area contributed by atoms with Gasteiger partial charge in [0.25, 0.3) is 0 Å². The summed E-state index contributed by atoms with van der Waals surface area (Å²) >= 11 is 0. The molecule has 0 N–H and O–H groups in total. The fourth-order valence-corrected chi connectivity index (χ4v) is 0.994. The third-order valence-electron chi connectivity index (χ3n) is 1.47. The van der Waals surface area contributed by atoms with Crippen molar-refractivity contribution >= 4 is 0 Å². The summed E-state index contributed by atoms with van der Waals surface area (Å²) in [6.45, 7) is 5.05. The van der Waals surface area contributed by atoms with Gasteiger partial charge in [-0.25, -0.2) is 9.67 Å². The molecule has 0 saturated carbocycles. The van der Waals surface area contributed by atoms with Crippen LogP contribution in [0.4, 0.5) is 0 Å². The van der Waals surface area contributed by atoms with Gasteiger partial charge < -0.3 is 0 Å². The average molecular weight is 164 g/mol. The number of aromatic nitrogens is 3. The van der Waals surface area contributed by atoms with Gasteiger partial charge in [0.2, 0.25) is 0 Å². The predicted octanol–water partition coefficient (Wildman–Crippen LogP) is 1.00. The smallest absolute Gasteiger partial charge is 0.141 e. The first-order chi connectivity index (χ1) is 5.74. The summed E-state index contributed by atoms with van der Waals surface area (Å²) in [6.07, 6.45) is 1.84. The second-order valence-corrected chi connectivity index (χ2v) is 3.09. The molecule has 12 heavy (non-hydrogen) atoms. The van der Waals surface area contributed by atoms with Crippen molar-refractivity contribution in [2.24, 2.45) is 5.92 Å². The molecule has 0 amide bonds. The van der Waals surface area contributed by atoms with Gasteiger partial charge in [-0.3, -0.25) is 0 Å². The molecule has 4 nitrogen and oxygen atoms in total. The van der Waals surface area contributed by atoms with Crippen molar-refractivity contribution in [3.8, 4) is 6.07 Å². The molecule has 0 spiro atoms. The van der Waals surface area contributed by atoms with Gasteiger partial charge in [-0.1, -0.05) is 13.8 Å². The first-order valence-corrected chi connectivity index (χ1v) is 3.97. The molecule has 1 heterocycles. The summed E-state index contributed by atoms with van der Waals surface area (Å²) in [7, 11) is 0. The molecule has 0 radical (unpaired) electrons. The molecule has 1 aromatic rings. The Balaban J connectivity index is 2.71. The zero-order valence-electron chi connectivity index (χ0n) is 7.36. The van der Waals surface area contributed by atoms with Crippen molar-refractivity contribution < 1.29 is 0 Å². The SMILES string of the molecule is CC(C)Cn1ncnc1CC#N. The van der Waals surface area contributed by atoms with Crippen molar-refractivity contribution in [3.63, 3.8) is 0 Å². The van der Waals surface area contributed by atoms with Crippen LogP contribution in [-0.4, -0.2) is 14.8 Å². The molecule has 0 aromatic carbocycles. The fraction of sp³-hybridized carbons (Fsp3) is 0.625. The van der Waals surface area contributed by atoms with E-state index in [4.69, 9.17) is 5.26 Å². The van der Waals surface area contributed by atoms with Gasteiger partial charge in [0.15, 0.2) is 0 Å². The van der Waals surface area contributed by atoms with Crippen LogP contribution in [0.25, 0.3) is 0 Å². The van der Waals surface area contributed by atoms with Crippen molar-refractivity contribution in [2.45, 2.75) is 26.8 Å². The molecule has 0 aliphatic rings. The number of nitriles is 1. The number of hydrogen-bond donors (Lipinski definition) is 0. The molecule has 1 aromatic heterocycles. The fourth-order valence-electron chi connectivity index (χ4n) is 0.994. The van der Waals surface area contributed by atoms with Gasteiger partial charge in [-0.05, 0) is 5.92 Å². The standard InChI is InChI=1S/C8H12N4/c1-7(2)5-12-8(3-4-9)10-6-11-12/h6-7H,3,5H2,1-2H3. The third kappa shape index (κ3) is 2.06. The average Bonchev–Trinajstić information content (AvgIpc) is 2.37. The topological polar surface area (TPSA) is 54.5 Å². The predicted molar refractivity (Wildman–Crippen MR) is 44.2 cm³/mol. The molecule has 64 valence electrons. The van der Waals surface area contributed by atoms with Crippen LogP contribution in [0.15, 0.2) is 6.33 Å². The number of nitrogens with zero attached hydrogens (tertiary/aromatic N) is 4. The maximum Gasteiger partial charge on any atom is 0.141 e. The zero-order chi connectivity index (χ0) is 8.97. The van der Waals surface area contributed by atoms with Gasteiger partial charge >= 0.3 is 0 Å². The lowest BCUT2D eigenvalue weighted by molar-refractivity contribution is 0.470. The Hall–Kier alpha value is -1.37. The van der Waals surface area contributed by atoms with E-state index in [9.17, 15) is 0 Å². The summed E-state index contributed by atoms with van der Waals surface area (Å²) in [5, 5.41) is 12.5. The van der Waals surface area contributed by atoms with Gasteiger partial charge in [-0.2, -0.15) is 10.4 Å². The second kappa shape index (κ2) is 3.86. The Morgan fingerprint density at radius 3 is 3.00 bits per heavy atom. The highest BCUT2D eigenvalue weighted by Gasteiger charge is 2.04. The largest absolute Gasteiger partial charge is 0.249 e. The molecule has 1 rings (SSSR count). The van der Waals surface area contributed by atoms with Crippen LogP contribution in [0, 0.1) is 17.2 Å². The Bertz CT molecular complexity index is 281. The Labute approximate surface area is 71.8 Å². The summed E-state index contributed by atoms with van der Waals surface area (Å²) in [6, 6.07) is 2.06. The van der Waals surface area contributed by atoms with Crippen LogP contribution in [0.2, 0.25) is 0 Å². The first-order valence-electron chi connectivity index (χ1n) is 3.97. The van der Waals surface area contributed by atoms with Gasteiger partial charge in [0, 0.05) is 6.54 Å². The van der Waals surface area contributed by atoms with E-state index in [2.05, 4.69) is 30.0 Å². The third-order valence-corrected chi connectivity index (χ3v) is 1.47. The maximum absolute atomic E-state index is 8.47. The monoisotopic (exact) mass is 164 g/mol. The summed E-state index contributed by atoms with van der Waals surface area (Å²) < 4.78 is 1.79. The highest BCUT2D eigenvalue weighted by Crippen LogP contribution is 2.00. The van der Waals surface area contributed by atoms with E-state index in [1.54, 1.807) is 4.68 Å². The number of hydrogen-bond acceptors (Lipinski definition) is 3. The van der Waals surface area contributed by atoms with Crippen molar-refractivity contribution in [3.05, 3.63) is 12.2 Å². The molecule has 0 bridgehead atoms.